The molecule has 2 rings (SSSR count). The second-order valence-corrected chi connectivity index (χ2v) is 5.58. The Bertz CT molecular complexity index is 513. The second-order valence-electron chi connectivity index (χ2n) is 4.86. The predicted molar refractivity (Wildman–Crippen MR) is 76.2 cm³/mol. The van der Waals surface area contributed by atoms with Crippen molar-refractivity contribution in [3.63, 3.8) is 0 Å². The van der Waals surface area contributed by atoms with Crippen LogP contribution in [0, 0.1) is 13.8 Å². The van der Waals surface area contributed by atoms with Crippen LogP contribution < -0.4 is 5.32 Å². The summed E-state index contributed by atoms with van der Waals surface area (Å²) in [5.41, 5.74) is 6.30. The zero-order valence-corrected chi connectivity index (χ0v) is 12.4. The highest BCUT2D eigenvalue weighted by molar-refractivity contribution is 7.07. The molecule has 18 heavy (non-hydrogen) atoms. The molecule has 98 valence electrons. The Balaban J connectivity index is 2.24. The fraction of sp³-hybridized carbons (Fsp3) is 0.538. The summed E-state index contributed by atoms with van der Waals surface area (Å²) in [4.78, 5) is 4.34. The Kier molecular flexibility index (Phi) is 3.71. The summed E-state index contributed by atoms with van der Waals surface area (Å²) in [6.45, 7) is 10.6. The number of aryl methyl sites for hydroxylation is 1. The van der Waals surface area contributed by atoms with E-state index in [1.54, 1.807) is 11.3 Å². The fourth-order valence-corrected chi connectivity index (χ4v) is 2.75. The van der Waals surface area contributed by atoms with Crippen LogP contribution in [0.2, 0.25) is 0 Å². The zero-order valence-electron chi connectivity index (χ0n) is 11.6. The Labute approximate surface area is 112 Å². The molecule has 0 amide bonds. The molecule has 0 saturated carbocycles. The minimum Gasteiger partial charge on any atom is -0.374 e. The molecule has 2 aromatic heterocycles. The summed E-state index contributed by atoms with van der Waals surface area (Å²) in [7, 11) is 0. The molecule has 4 nitrogen and oxygen atoms in total. The van der Waals surface area contributed by atoms with Crippen molar-refractivity contribution in [2.24, 2.45) is 0 Å². The predicted octanol–water partition coefficient (Wildman–Crippen LogP) is 3.71. The van der Waals surface area contributed by atoms with Gasteiger partial charge in [0.15, 0.2) is 0 Å². The van der Waals surface area contributed by atoms with Gasteiger partial charge in [-0.1, -0.05) is 0 Å². The van der Waals surface area contributed by atoms with Gasteiger partial charge in [0.2, 0.25) is 0 Å². The Hall–Kier alpha value is -1.36. The number of hydrogen-bond donors (Lipinski definition) is 1. The van der Waals surface area contributed by atoms with Gasteiger partial charge in [-0.2, -0.15) is 5.10 Å². The third-order valence-electron chi connectivity index (χ3n) is 3.07. The Morgan fingerprint density at radius 3 is 2.50 bits per heavy atom. The van der Waals surface area contributed by atoms with E-state index in [2.05, 4.69) is 53.2 Å². The van der Waals surface area contributed by atoms with Crippen LogP contribution in [0.5, 0.6) is 0 Å². The smallest absolute Gasteiger partial charge is 0.0828 e. The number of anilines is 1. The number of thiazole rings is 1. The number of nitrogens with zero attached hydrogens (tertiary/aromatic N) is 3. The number of nitrogens with one attached hydrogen (secondary N) is 1. The maximum absolute atomic E-state index is 4.58. The van der Waals surface area contributed by atoms with Crippen molar-refractivity contribution in [1.29, 1.82) is 0 Å². The second kappa shape index (κ2) is 5.10. The quantitative estimate of drug-likeness (QED) is 0.915. The van der Waals surface area contributed by atoms with Gasteiger partial charge < -0.3 is 5.32 Å². The fourth-order valence-electron chi connectivity index (χ4n) is 2.10. The Morgan fingerprint density at radius 2 is 2.00 bits per heavy atom. The van der Waals surface area contributed by atoms with E-state index >= 15 is 0 Å². The van der Waals surface area contributed by atoms with Crippen LogP contribution in [0.15, 0.2) is 10.9 Å². The average Bonchev–Trinajstić information content (AvgIpc) is 2.92. The van der Waals surface area contributed by atoms with Crippen molar-refractivity contribution in [2.75, 3.05) is 5.32 Å². The van der Waals surface area contributed by atoms with Gasteiger partial charge in [0.1, 0.15) is 0 Å². The van der Waals surface area contributed by atoms with E-state index in [4.69, 9.17) is 0 Å². The molecular weight excluding hydrogens is 244 g/mol. The molecule has 1 N–H and O–H groups in total. The van der Waals surface area contributed by atoms with Crippen molar-refractivity contribution in [3.05, 3.63) is 28.0 Å². The van der Waals surface area contributed by atoms with E-state index in [1.165, 1.54) is 5.69 Å². The lowest BCUT2D eigenvalue weighted by Gasteiger charge is -2.14. The molecule has 0 aliphatic rings. The van der Waals surface area contributed by atoms with E-state index in [0.29, 0.717) is 6.04 Å². The summed E-state index contributed by atoms with van der Waals surface area (Å²) >= 11 is 1.63. The highest BCUT2D eigenvalue weighted by atomic mass is 32.1. The molecular formula is C13H20N4S. The molecule has 0 aliphatic carbocycles. The lowest BCUT2D eigenvalue weighted by atomic mass is 10.2. The van der Waals surface area contributed by atoms with Crippen LogP contribution >= 0.6 is 11.3 Å². The lowest BCUT2D eigenvalue weighted by molar-refractivity contribution is 0.516. The minimum atomic E-state index is 0.207. The molecule has 0 spiro atoms. The monoisotopic (exact) mass is 264 g/mol. The van der Waals surface area contributed by atoms with Crippen LogP contribution in [0.25, 0.3) is 0 Å². The van der Waals surface area contributed by atoms with Crippen LogP contribution in [0.3, 0.4) is 0 Å². The van der Waals surface area contributed by atoms with Gasteiger partial charge in [-0.05, 0) is 34.6 Å². The molecule has 2 aromatic rings. The molecule has 1 unspecified atom stereocenters. The molecule has 1 atom stereocenters. The van der Waals surface area contributed by atoms with Gasteiger partial charge in [-0.3, -0.25) is 4.68 Å². The molecule has 5 heteroatoms. The van der Waals surface area contributed by atoms with Crippen molar-refractivity contribution in [3.8, 4) is 0 Å². The first-order chi connectivity index (χ1) is 8.50. The van der Waals surface area contributed by atoms with E-state index < -0.39 is 0 Å². The van der Waals surface area contributed by atoms with Gasteiger partial charge >= 0.3 is 0 Å². The first-order valence-electron chi connectivity index (χ1n) is 6.21. The summed E-state index contributed by atoms with van der Waals surface area (Å²) in [6.07, 6.45) is 0. The first kappa shape index (κ1) is 13.1. The van der Waals surface area contributed by atoms with Gasteiger partial charge in [0, 0.05) is 11.4 Å². The normalized spacial score (nSPS) is 13.0. The van der Waals surface area contributed by atoms with Crippen molar-refractivity contribution >= 4 is 17.0 Å². The lowest BCUT2D eigenvalue weighted by Crippen LogP contribution is -2.09. The van der Waals surface area contributed by atoms with Gasteiger partial charge in [-0.25, -0.2) is 4.98 Å². The van der Waals surface area contributed by atoms with Crippen LogP contribution in [-0.4, -0.2) is 14.8 Å². The standard InChI is InChI=1S/C13H20N4S/c1-8(2)17-11(5)13(10(4)16-17)15-9(3)12-6-18-7-14-12/h6-9,15H,1-5H3. The molecule has 0 fully saturated rings. The SMILES string of the molecule is Cc1nn(C(C)C)c(C)c1NC(C)c1cscn1. The molecule has 0 aromatic carbocycles. The molecule has 0 radical (unpaired) electrons. The average molecular weight is 264 g/mol. The summed E-state index contributed by atoms with van der Waals surface area (Å²) in [6, 6.07) is 0.590. The topological polar surface area (TPSA) is 42.7 Å². The largest absolute Gasteiger partial charge is 0.374 e. The maximum atomic E-state index is 4.58. The molecule has 0 aliphatic heterocycles. The van der Waals surface area contributed by atoms with Crippen LogP contribution in [0.4, 0.5) is 5.69 Å². The van der Waals surface area contributed by atoms with Crippen molar-refractivity contribution in [1.82, 2.24) is 14.8 Å². The number of hydrogen-bond acceptors (Lipinski definition) is 4. The van der Waals surface area contributed by atoms with Crippen molar-refractivity contribution in [2.45, 2.75) is 46.7 Å². The third kappa shape index (κ3) is 2.41. The van der Waals surface area contributed by atoms with Gasteiger partial charge in [0.05, 0.1) is 34.3 Å². The molecule has 0 bridgehead atoms. The first-order valence-corrected chi connectivity index (χ1v) is 7.15. The summed E-state index contributed by atoms with van der Waals surface area (Å²) in [5, 5.41) is 10.2. The van der Waals surface area contributed by atoms with Crippen LogP contribution in [0.1, 0.15) is 49.9 Å². The third-order valence-corrected chi connectivity index (χ3v) is 3.67. The van der Waals surface area contributed by atoms with Crippen molar-refractivity contribution < 1.29 is 0 Å². The van der Waals surface area contributed by atoms with Gasteiger partial charge in [0.25, 0.3) is 0 Å². The number of aromatic nitrogens is 3. The summed E-state index contributed by atoms with van der Waals surface area (Å²) in [5.74, 6) is 0. The van der Waals surface area contributed by atoms with E-state index in [9.17, 15) is 0 Å². The van der Waals surface area contributed by atoms with E-state index in [0.717, 1.165) is 17.1 Å². The van der Waals surface area contributed by atoms with E-state index in [-0.39, 0.29) is 6.04 Å². The minimum absolute atomic E-state index is 0.207. The van der Waals surface area contributed by atoms with Gasteiger partial charge in [-0.15, -0.1) is 11.3 Å². The highest BCUT2D eigenvalue weighted by Crippen LogP contribution is 2.26. The molecule has 0 saturated heterocycles. The summed E-state index contributed by atoms with van der Waals surface area (Å²) < 4.78 is 2.06. The maximum Gasteiger partial charge on any atom is 0.0828 e. The number of rotatable bonds is 4. The Morgan fingerprint density at radius 1 is 1.28 bits per heavy atom. The molecule has 2 heterocycles. The van der Waals surface area contributed by atoms with Crippen LogP contribution in [-0.2, 0) is 0 Å². The highest BCUT2D eigenvalue weighted by Gasteiger charge is 2.16. The zero-order chi connectivity index (χ0) is 13.3. The van der Waals surface area contributed by atoms with E-state index in [1.807, 2.05) is 12.4 Å².